The third-order valence-electron chi connectivity index (χ3n) is 4.26. The monoisotopic (exact) mass is 364 g/mol. The van der Waals surface area contributed by atoms with Crippen LogP contribution in [0.25, 0.3) is 0 Å². The van der Waals surface area contributed by atoms with Gasteiger partial charge in [-0.25, -0.2) is 0 Å². The van der Waals surface area contributed by atoms with Crippen molar-refractivity contribution in [3.8, 4) is 0 Å². The summed E-state index contributed by atoms with van der Waals surface area (Å²) in [6.45, 7) is 2.25. The van der Waals surface area contributed by atoms with Crippen LogP contribution in [0.4, 0.5) is 0 Å². The fraction of sp³-hybridized carbons (Fsp3) is 0.684. The Morgan fingerprint density at radius 3 is 1.88 bits per heavy atom. The van der Waals surface area contributed by atoms with Crippen LogP contribution in [-0.2, 0) is 20.7 Å². The number of hydrogen-bond acceptors (Lipinski definition) is 3. The van der Waals surface area contributed by atoms with Crippen molar-refractivity contribution in [2.45, 2.75) is 82.4 Å². The van der Waals surface area contributed by atoms with Crippen LogP contribution in [0.1, 0.15) is 76.7 Å². The van der Waals surface area contributed by atoms with Gasteiger partial charge < -0.3 is 0 Å². The number of aryl methyl sites for hydroxylation is 1. The van der Waals surface area contributed by atoms with E-state index in [-0.39, 0.29) is 29.6 Å². The minimum absolute atomic E-state index is 0. The Morgan fingerprint density at radius 1 is 0.833 bits per heavy atom. The Kier molecular flexibility index (Phi) is 14.4. The van der Waals surface area contributed by atoms with Crippen LogP contribution in [0.3, 0.4) is 0 Å². The molecule has 1 aromatic carbocycles. The molecule has 0 bridgehead atoms. The van der Waals surface area contributed by atoms with Gasteiger partial charge in [0.2, 0.25) is 0 Å². The van der Waals surface area contributed by atoms with Gasteiger partial charge >= 0.3 is 29.6 Å². The first-order valence-corrected chi connectivity index (χ1v) is 10.4. The molecule has 5 heteroatoms. The number of rotatable bonds is 13. The molecule has 0 aromatic heterocycles. The van der Waals surface area contributed by atoms with Gasteiger partial charge in [-0.05, 0) is 24.5 Å². The van der Waals surface area contributed by atoms with E-state index in [1.165, 1.54) is 58.5 Å². The van der Waals surface area contributed by atoms with E-state index in [0.717, 1.165) is 24.8 Å². The van der Waals surface area contributed by atoms with Gasteiger partial charge in [-0.15, -0.1) is 0 Å². The average molecular weight is 365 g/mol. The summed E-state index contributed by atoms with van der Waals surface area (Å²) in [6, 6.07) is 7.15. The van der Waals surface area contributed by atoms with Crippen molar-refractivity contribution in [2.24, 2.45) is 0 Å². The van der Waals surface area contributed by atoms with E-state index in [0.29, 0.717) is 4.90 Å². The summed E-state index contributed by atoms with van der Waals surface area (Å²) in [5, 5.41) is 0. The number of benzene rings is 1. The van der Waals surface area contributed by atoms with Crippen molar-refractivity contribution in [1.29, 1.82) is 0 Å². The molecule has 0 N–H and O–H groups in total. The van der Waals surface area contributed by atoms with Crippen LogP contribution in [0, 0.1) is 0 Å². The van der Waals surface area contributed by atoms with Crippen molar-refractivity contribution < 1.29 is 12.6 Å². The van der Waals surface area contributed by atoms with Crippen LogP contribution in [0.2, 0.25) is 0 Å². The molecule has 24 heavy (non-hydrogen) atoms. The van der Waals surface area contributed by atoms with Crippen LogP contribution in [0.15, 0.2) is 29.2 Å². The Bertz CT molecular complexity index is 529. The van der Waals surface area contributed by atoms with Gasteiger partial charge in [0.15, 0.2) is 0 Å². The maximum absolute atomic E-state index is 11.9. The molecule has 0 radical (unpaired) electrons. The molecule has 0 saturated heterocycles. The van der Waals surface area contributed by atoms with Gasteiger partial charge in [0.1, 0.15) is 0 Å². The zero-order valence-corrected chi connectivity index (χ0v) is 15.5. The van der Waals surface area contributed by atoms with Gasteiger partial charge in [-0.3, -0.25) is 4.18 Å². The first kappa shape index (κ1) is 24.1. The molecule has 134 valence electrons. The van der Waals surface area contributed by atoms with E-state index < -0.39 is 10.1 Å². The fourth-order valence-corrected chi connectivity index (χ4v) is 3.76. The summed E-state index contributed by atoms with van der Waals surface area (Å²) in [5.74, 6) is 0. The molecular weight excluding hydrogens is 331 g/mol. The second-order valence-corrected chi connectivity index (χ2v) is 7.84. The molecule has 0 aliphatic heterocycles. The zero-order valence-electron chi connectivity index (χ0n) is 14.7. The minimum atomic E-state index is -3.59. The number of unbranched alkanes of at least 4 members (excludes halogenated alkanes) is 9. The van der Waals surface area contributed by atoms with E-state index in [9.17, 15) is 8.42 Å². The van der Waals surface area contributed by atoms with Crippen molar-refractivity contribution in [1.82, 2.24) is 0 Å². The second kappa shape index (κ2) is 14.3. The van der Waals surface area contributed by atoms with Crippen molar-refractivity contribution in [2.75, 3.05) is 7.11 Å². The molecular formula is C19H33NaO3S. The van der Waals surface area contributed by atoms with E-state index in [2.05, 4.69) is 11.1 Å². The molecule has 1 aromatic rings. The molecule has 0 heterocycles. The van der Waals surface area contributed by atoms with Gasteiger partial charge in [0, 0.05) is 0 Å². The molecule has 0 spiro atoms. The summed E-state index contributed by atoms with van der Waals surface area (Å²) in [6.07, 6.45) is 13.6. The first-order chi connectivity index (χ1) is 11.1. The summed E-state index contributed by atoms with van der Waals surface area (Å²) >= 11 is 0. The third-order valence-corrected chi connectivity index (χ3v) is 5.64. The first-order valence-electron chi connectivity index (χ1n) is 9.00. The molecule has 1 rings (SSSR count). The molecule has 0 unspecified atom stereocenters. The quantitative estimate of drug-likeness (QED) is 0.286. The van der Waals surface area contributed by atoms with Gasteiger partial charge in [0.25, 0.3) is 10.1 Å². The van der Waals surface area contributed by atoms with Crippen LogP contribution < -0.4 is 0 Å². The van der Waals surface area contributed by atoms with Crippen LogP contribution in [0.5, 0.6) is 0 Å². The fourth-order valence-electron chi connectivity index (χ4n) is 2.85. The van der Waals surface area contributed by atoms with E-state index in [1.54, 1.807) is 12.1 Å². The summed E-state index contributed by atoms with van der Waals surface area (Å²) in [4.78, 5) is 0.318. The average Bonchev–Trinajstić information content (AvgIpc) is 2.57. The molecule has 0 fully saturated rings. The van der Waals surface area contributed by atoms with Crippen LogP contribution in [-0.4, -0.2) is 45.1 Å². The van der Waals surface area contributed by atoms with Crippen molar-refractivity contribution in [3.63, 3.8) is 0 Å². The van der Waals surface area contributed by atoms with Crippen molar-refractivity contribution in [3.05, 3.63) is 29.8 Å². The second-order valence-electron chi connectivity index (χ2n) is 6.16. The summed E-state index contributed by atoms with van der Waals surface area (Å²) in [7, 11) is -2.38. The van der Waals surface area contributed by atoms with E-state index in [1.807, 2.05) is 12.1 Å². The van der Waals surface area contributed by atoms with Gasteiger partial charge in [-0.1, -0.05) is 82.9 Å². The van der Waals surface area contributed by atoms with Crippen LogP contribution >= 0.6 is 0 Å². The van der Waals surface area contributed by atoms with E-state index >= 15 is 0 Å². The number of hydrogen-bond donors (Lipinski definition) is 0. The molecule has 0 amide bonds. The predicted molar refractivity (Wildman–Crippen MR) is 103 cm³/mol. The third kappa shape index (κ3) is 9.57. The van der Waals surface area contributed by atoms with Gasteiger partial charge in [0.05, 0.1) is 12.0 Å². The van der Waals surface area contributed by atoms with Crippen molar-refractivity contribution >= 4 is 39.7 Å². The molecule has 0 aliphatic carbocycles. The van der Waals surface area contributed by atoms with E-state index in [4.69, 9.17) is 0 Å². The Morgan fingerprint density at radius 2 is 1.33 bits per heavy atom. The molecule has 0 atom stereocenters. The standard InChI is InChI=1S/C19H32O3S.Na.H/c1-3-4-5-6-7-8-9-10-11-12-15-18-16-13-14-17-19(18)23(20,21)22-2;;/h13-14,16-17H,3-12,15H2,1-2H3;;. The summed E-state index contributed by atoms with van der Waals surface area (Å²) < 4.78 is 28.4. The summed E-state index contributed by atoms with van der Waals surface area (Å²) in [5.41, 5.74) is 0.869. The molecule has 3 nitrogen and oxygen atoms in total. The SMILES string of the molecule is CCCCCCCCCCCCc1ccccc1S(=O)(=O)OC.[NaH]. The predicted octanol–water partition coefficient (Wildman–Crippen LogP) is 4.84. The maximum atomic E-state index is 11.9. The normalized spacial score (nSPS) is 11.2. The van der Waals surface area contributed by atoms with Gasteiger partial charge in [-0.2, -0.15) is 8.42 Å². The zero-order chi connectivity index (χ0) is 17.0. The Balaban J connectivity index is 0.00000529. The molecule has 0 aliphatic rings. The Labute approximate surface area is 171 Å². The Hall–Kier alpha value is 0.130. The topological polar surface area (TPSA) is 43.4 Å². The molecule has 0 saturated carbocycles.